The van der Waals surface area contributed by atoms with Gasteiger partial charge in [0.15, 0.2) is 0 Å². The standard InChI is InChI=1S/C14H26N2O2/c1-13(2,10-18-3)9-16-12(17)11-8-14(11)4-6-15-7-5-14/h11,15H,4-10H2,1-3H3,(H,16,17)/t11-/m1/s1. The maximum absolute atomic E-state index is 12.2. The van der Waals surface area contributed by atoms with Crippen LogP contribution in [0, 0.1) is 16.7 Å². The van der Waals surface area contributed by atoms with Crippen molar-refractivity contribution in [3.8, 4) is 0 Å². The van der Waals surface area contributed by atoms with Gasteiger partial charge < -0.3 is 15.4 Å². The number of carbonyl (C=O) groups is 1. The quantitative estimate of drug-likeness (QED) is 0.774. The highest BCUT2D eigenvalue weighted by molar-refractivity contribution is 5.82. The van der Waals surface area contributed by atoms with Crippen molar-refractivity contribution in [1.82, 2.24) is 10.6 Å². The number of hydrogen-bond donors (Lipinski definition) is 2. The van der Waals surface area contributed by atoms with Gasteiger partial charge in [-0.3, -0.25) is 4.79 Å². The van der Waals surface area contributed by atoms with E-state index in [2.05, 4.69) is 24.5 Å². The third-order valence-electron chi connectivity index (χ3n) is 4.38. The average Bonchev–Trinajstić information content (AvgIpc) is 3.01. The zero-order chi connectivity index (χ0) is 13.2. The first-order valence-electron chi connectivity index (χ1n) is 6.97. The zero-order valence-corrected chi connectivity index (χ0v) is 11.8. The highest BCUT2D eigenvalue weighted by Crippen LogP contribution is 2.58. The number of hydrogen-bond acceptors (Lipinski definition) is 3. The van der Waals surface area contributed by atoms with Gasteiger partial charge in [0.1, 0.15) is 0 Å². The van der Waals surface area contributed by atoms with Crippen LogP contribution in [0.25, 0.3) is 0 Å². The van der Waals surface area contributed by atoms with Crippen molar-refractivity contribution in [2.24, 2.45) is 16.7 Å². The summed E-state index contributed by atoms with van der Waals surface area (Å²) in [7, 11) is 1.70. The Hall–Kier alpha value is -0.610. The van der Waals surface area contributed by atoms with Crippen LogP contribution in [0.4, 0.5) is 0 Å². The Morgan fingerprint density at radius 3 is 2.72 bits per heavy atom. The van der Waals surface area contributed by atoms with Crippen molar-refractivity contribution in [2.45, 2.75) is 33.1 Å². The Morgan fingerprint density at radius 2 is 2.11 bits per heavy atom. The fourth-order valence-electron chi connectivity index (χ4n) is 3.09. The molecule has 2 N–H and O–H groups in total. The molecule has 1 saturated carbocycles. The van der Waals surface area contributed by atoms with Crippen molar-refractivity contribution in [2.75, 3.05) is 33.4 Å². The summed E-state index contributed by atoms with van der Waals surface area (Å²) in [4.78, 5) is 12.2. The van der Waals surface area contributed by atoms with E-state index in [4.69, 9.17) is 4.74 Å². The minimum atomic E-state index is 0.0145. The Labute approximate surface area is 110 Å². The van der Waals surface area contributed by atoms with Gasteiger partial charge in [0.2, 0.25) is 5.91 Å². The number of amides is 1. The van der Waals surface area contributed by atoms with Crippen LogP contribution in [-0.2, 0) is 9.53 Å². The van der Waals surface area contributed by atoms with E-state index >= 15 is 0 Å². The second kappa shape index (κ2) is 5.17. The van der Waals surface area contributed by atoms with Crippen LogP contribution in [0.3, 0.4) is 0 Å². The maximum Gasteiger partial charge on any atom is 0.223 e. The molecule has 0 radical (unpaired) electrons. The molecule has 1 aliphatic carbocycles. The van der Waals surface area contributed by atoms with E-state index in [1.165, 1.54) is 0 Å². The molecule has 4 heteroatoms. The van der Waals surface area contributed by atoms with E-state index in [0.29, 0.717) is 18.6 Å². The van der Waals surface area contributed by atoms with E-state index in [0.717, 1.165) is 32.4 Å². The highest BCUT2D eigenvalue weighted by atomic mass is 16.5. The molecule has 18 heavy (non-hydrogen) atoms. The fraction of sp³-hybridized carbons (Fsp3) is 0.929. The predicted molar refractivity (Wildman–Crippen MR) is 71.3 cm³/mol. The topological polar surface area (TPSA) is 50.4 Å². The first kappa shape index (κ1) is 13.8. The van der Waals surface area contributed by atoms with Gasteiger partial charge in [-0.1, -0.05) is 13.8 Å². The fourth-order valence-corrected chi connectivity index (χ4v) is 3.09. The summed E-state index contributed by atoms with van der Waals surface area (Å²) < 4.78 is 5.17. The first-order valence-corrected chi connectivity index (χ1v) is 6.97. The summed E-state index contributed by atoms with van der Waals surface area (Å²) in [6, 6.07) is 0. The minimum absolute atomic E-state index is 0.0145. The number of carbonyl (C=O) groups excluding carboxylic acids is 1. The molecule has 1 spiro atoms. The first-order chi connectivity index (χ1) is 8.49. The molecule has 0 aromatic heterocycles. The van der Waals surface area contributed by atoms with E-state index in [9.17, 15) is 4.79 Å². The van der Waals surface area contributed by atoms with E-state index in [-0.39, 0.29) is 17.2 Å². The number of piperidine rings is 1. The lowest BCUT2D eigenvalue weighted by Crippen LogP contribution is -2.39. The Bertz CT molecular complexity index is 309. The van der Waals surface area contributed by atoms with Crippen LogP contribution in [0.1, 0.15) is 33.1 Å². The Balaban J connectivity index is 1.76. The van der Waals surface area contributed by atoms with Crippen molar-refractivity contribution in [1.29, 1.82) is 0 Å². The SMILES string of the molecule is COCC(C)(C)CNC(=O)[C@H]1CC12CCNCC2. The lowest BCUT2D eigenvalue weighted by atomic mass is 9.91. The molecule has 1 aliphatic heterocycles. The van der Waals surface area contributed by atoms with E-state index < -0.39 is 0 Å². The molecule has 2 aliphatic rings. The lowest BCUT2D eigenvalue weighted by Gasteiger charge is -2.25. The molecular formula is C14H26N2O2. The summed E-state index contributed by atoms with van der Waals surface area (Å²) in [5.41, 5.74) is 0.349. The summed E-state index contributed by atoms with van der Waals surface area (Å²) >= 11 is 0. The van der Waals surface area contributed by atoms with Crippen LogP contribution in [0.2, 0.25) is 0 Å². The summed E-state index contributed by atoms with van der Waals surface area (Å²) in [6.07, 6.45) is 3.41. The lowest BCUT2D eigenvalue weighted by molar-refractivity contribution is -0.123. The maximum atomic E-state index is 12.2. The molecular weight excluding hydrogens is 228 g/mol. The molecule has 4 nitrogen and oxygen atoms in total. The number of nitrogens with one attached hydrogen (secondary N) is 2. The molecule has 1 atom stereocenters. The van der Waals surface area contributed by atoms with E-state index in [1.54, 1.807) is 7.11 Å². The number of ether oxygens (including phenoxy) is 1. The Kier molecular flexibility index (Phi) is 3.97. The van der Waals surface area contributed by atoms with Crippen molar-refractivity contribution < 1.29 is 9.53 Å². The molecule has 2 rings (SSSR count). The smallest absolute Gasteiger partial charge is 0.223 e. The van der Waals surface area contributed by atoms with E-state index in [1.807, 2.05) is 0 Å². The van der Waals surface area contributed by atoms with Gasteiger partial charge >= 0.3 is 0 Å². The van der Waals surface area contributed by atoms with Crippen molar-refractivity contribution in [3.05, 3.63) is 0 Å². The van der Waals surface area contributed by atoms with Gasteiger partial charge in [-0.25, -0.2) is 0 Å². The third-order valence-corrected chi connectivity index (χ3v) is 4.38. The predicted octanol–water partition coefficient (Wildman–Crippen LogP) is 1.16. The molecule has 1 amide bonds. The van der Waals surface area contributed by atoms with Gasteiger partial charge in [0.25, 0.3) is 0 Å². The van der Waals surface area contributed by atoms with Crippen LogP contribution in [0.15, 0.2) is 0 Å². The molecule has 0 bridgehead atoms. The molecule has 1 heterocycles. The largest absolute Gasteiger partial charge is 0.384 e. The van der Waals surface area contributed by atoms with Gasteiger partial charge in [-0.2, -0.15) is 0 Å². The van der Waals surface area contributed by atoms with Gasteiger partial charge in [-0.05, 0) is 37.8 Å². The monoisotopic (exact) mass is 254 g/mol. The molecule has 104 valence electrons. The normalized spacial score (nSPS) is 26.1. The molecule has 0 aromatic carbocycles. The summed E-state index contributed by atoms with van der Waals surface area (Å²) in [6.45, 7) is 7.74. The average molecular weight is 254 g/mol. The van der Waals surface area contributed by atoms with Gasteiger partial charge in [0, 0.05) is 25.0 Å². The Morgan fingerprint density at radius 1 is 1.44 bits per heavy atom. The molecule has 2 fully saturated rings. The highest BCUT2D eigenvalue weighted by Gasteiger charge is 2.57. The zero-order valence-electron chi connectivity index (χ0n) is 11.8. The minimum Gasteiger partial charge on any atom is -0.384 e. The summed E-state index contributed by atoms with van der Waals surface area (Å²) in [5.74, 6) is 0.513. The second-order valence-corrected chi connectivity index (χ2v) is 6.68. The second-order valence-electron chi connectivity index (χ2n) is 6.68. The van der Waals surface area contributed by atoms with Crippen LogP contribution < -0.4 is 10.6 Å². The van der Waals surface area contributed by atoms with Crippen LogP contribution in [-0.4, -0.2) is 39.3 Å². The third kappa shape index (κ3) is 3.04. The molecule has 0 unspecified atom stereocenters. The number of rotatable bonds is 5. The van der Waals surface area contributed by atoms with Gasteiger partial charge in [0.05, 0.1) is 6.61 Å². The molecule has 0 aromatic rings. The van der Waals surface area contributed by atoms with Crippen LogP contribution in [0.5, 0.6) is 0 Å². The number of methoxy groups -OCH3 is 1. The summed E-state index contributed by atoms with van der Waals surface area (Å²) in [5, 5.41) is 6.47. The van der Waals surface area contributed by atoms with Crippen molar-refractivity contribution >= 4 is 5.91 Å². The van der Waals surface area contributed by atoms with Crippen molar-refractivity contribution in [3.63, 3.8) is 0 Å². The molecule has 1 saturated heterocycles. The van der Waals surface area contributed by atoms with Gasteiger partial charge in [-0.15, -0.1) is 0 Å². The van der Waals surface area contributed by atoms with Crippen LogP contribution >= 0.6 is 0 Å².